The van der Waals surface area contributed by atoms with Gasteiger partial charge in [0.25, 0.3) is 0 Å². The Hall–Kier alpha value is -3.05. The maximum absolute atomic E-state index is 13.9. The molecule has 3 unspecified atom stereocenters. The average Bonchev–Trinajstić information content (AvgIpc) is 2.76. The van der Waals surface area contributed by atoms with Crippen molar-refractivity contribution in [1.29, 1.82) is 0 Å². The number of carbonyl (C=O) groups excluding carboxylic acids is 1. The lowest BCUT2D eigenvalue weighted by Gasteiger charge is -2.44. The summed E-state index contributed by atoms with van der Waals surface area (Å²) in [4.78, 5) is 12.6. The second kappa shape index (κ2) is 9.90. The van der Waals surface area contributed by atoms with Crippen molar-refractivity contribution in [2.24, 2.45) is 0 Å². The zero-order valence-electron chi connectivity index (χ0n) is 19.2. The normalized spacial score (nSPS) is 26.4. The highest BCUT2D eigenvalue weighted by molar-refractivity contribution is 5.89. The Labute approximate surface area is 200 Å². The number of urea groups is 1. The summed E-state index contributed by atoms with van der Waals surface area (Å²) in [5.74, 6) is -0.555. The summed E-state index contributed by atoms with van der Waals surface area (Å²) in [7, 11) is 1.31. The summed E-state index contributed by atoms with van der Waals surface area (Å²) < 4.78 is 71.4. The van der Waals surface area contributed by atoms with Crippen LogP contribution in [0.4, 0.5) is 28.0 Å². The molecule has 2 heterocycles. The number of alkyl halides is 3. The van der Waals surface area contributed by atoms with Crippen molar-refractivity contribution < 1.29 is 36.6 Å². The predicted octanol–water partition coefficient (Wildman–Crippen LogP) is 4.68. The lowest BCUT2D eigenvalue weighted by atomic mass is 9.85. The second-order valence-electron chi connectivity index (χ2n) is 8.66. The number of halogens is 4. The van der Waals surface area contributed by atoms with Crippen LogP contribution in [-0.2, 0) is 10.3 Å². The molecule has 190 valence electrons. The quantitative estimate of drug-likeness (QED) is 0.505. The van der Waals surface area contributed by atoms with E-state index in [-0.39, 0.29) is 36.1 Å². The number of carbonyl (C=O) groups is 1. The Morgan fingerprint density at radius 2 is 1.91 bits per heavy atom. The third-order valence-corrected chi connectivity index (χ3v) is 6.29. The molecule has 0 spiro atoms. The minimum absolute atomic E-state index is 0.00504. The van der Waals surface area contributed by atoms with Gasteiger partial charge in [0, 0.05) is 29.8 Å². The van der Waals surface area contributed by atoms with Crippen LogP contribution >= 0.6 is 0 Å². The summed E-state index contributed by atoms with van der Waals surface area (Å²) in [5.41, 5.74) is -2.19. The van der Waals surface area contributed by atoms with Crippen LogP contribution in [-0.4, -0.2) is 44.2 Å². The fourth-order valence-corrected chi connectivity index (χ4v) is 4.33. The summed E-state index contributed by atoms with van der Waals surface area (Å²) in [6.45, 7) is 1.93. The van der Waals surface area contributed by atoms with Crippen LogP contribution in [0.2, 0.25) is 0 Å². The van der Waals surface area contributed by atoms with Crippen molar-refractivity contribution in [2.45, 2.75) is 56.3 Å². The van der Waals surface area contributed by atoms with Crippen molar-refractivity contribution >= 4 is 11.7 Å². The van der Waals surface area contributed by atoms with Crippen molar-refractivity contribution in [2.75, 3.05) is 19.0 Å². The predicted molar refractivity (Wildman–Crippen MR) is 120 cm³/mol. The molecule has 0 aromatic heterocycles. The first kappa shape index (κ1) is 25.1. The molecule has 0 radical (unpaired) electrons. The highest BCUT2D eigenvalue weighted by atomic mass is 19.4. The molecule has 2 saturated heterocycles. The van der Waals surface area contributed by atoms with E-state index < -0.39 is 35.9 Å². The molecule has 7 nitrogen and oxygen atoms in total. The van der Waals surface area contributed by atoms with E-state index in [1.165, 1.54) is 43.5 Å². The van der Waals surface area contributed by atoms with Gasteiger partial charge in [-0.25, -0.2) is 9.18 Å². The molecule has 4 atom stereocenters. The molecule has 2 aliphatic rings. The smallest absolute Gasteiger partial charge is 0.421 e. The first-order valence-corrected chi connectivity index (χ1v) is 11.3. The van der Waals surface area contributed by atoms with E-state index in [9.17, 15) is 22.4 Å². The third-order valence-electron chi connectivity index (χ3n) is 6.29. The van der Waals surface area contributed by atoms with E-state index in [1.807, 2.05) is 6.92 Å². The first-order chi connectivity index (χ1) is 16.6. The van der Waals surface area contributed by atoms with Gasteiger partial charge >= 0.3 is 12.2 Å². The number of amides is 2. The number of hydrogen-bond donors (Lipinski definition) is 3. The van der Waals surface area contributed by atoms with Crippen LogP contribution in [0.25, 0.3) is 0 Å². The van der Waals surface area contributed by atoms with Gasteiger partial charge in [0.15, 0.2) is 23.4 Å². The van der Waals surface area contributed by atoms with Gasteiger partial charge in [-0.2, -0.15) is 13.2 Å². The van der Waals surface area contributed by atoms with E-state index in [4.69, 9.17) is 14.2 Å². The number of methoxy groups -OCH3 is 1. The molecule has 11 heteroatoms. The number of nitrogens with one attached hydrogen (secondary N) is 3. The van der Waals surface area contributed by atoms with Crippen LogP contribution in [0.3, 0.4) is 0 Å². The standard InChI is InChI=1S/C24H27F4N3O4/c1-14-7-10-18(31-22(32)30-15-8-9-17(25)20(13-15)33-2)21(29-14)35-19-6-4-3-5-16(19)23(11-12-34-23)24(26,27)28/h3-6,8-9,13-14,18,21,29H,7,10-12H2,1-2H3,(H2,30,31,32)/t14?,18?,21?,23-/m1/s1. The average molecular weight is 497 g/mol. The van der Waals surface area contributed by atoms with Crippen molar-refractivity contribution in [1.82, 2.24) is 10.6 Å². The molecule has 0 bridgehead atoms. The van der Waals surface area contributed by atoms with E-state index in [1.54, 1.807) is 6.07 Å². The van der Waals surface area contributed by atoms with Gasteiger partial charge in [0.1, 0.15) is 5.75 Å². The van der Waals surface area contributed by atoms with E-state index in [0.717, 1.165) is 0 Å². The maximum atomic E-state index is 13.9. The van der Waals surface area contributed by atoms with Crippen LogP contribution in [0, 0.1) is 5.82 Å². The number of piperidine rings is 1. The lowest BCUT2D eigenvalue weighted by molar-refractivity contribution is -0.334. The Bertz CT molecular complexity index is 1060. The van der Waals surface area contributed by atoms with E-state index in [0.29, 0.717) is 18.5 Å². The second-order valence-corrected chi connectivity index (χ2v) is 8.66. The van der Waals surface area contributed by atoms with Gasteiger partial charge < -0.3 is 24.8 Å². The molecular formula is C24H27F4N3O4. The van der Waals surface area contributed by atoms with Gasteiger partial charge in [-0.05, 0) is 38.0 Å². The number of rotatable bonds is 6. The third kappa shape index (κ3) is 5.15. The molecule has 0 saturated carbocycles. The molecule has 2 aliphatic heterocycles. The summed E-state index contributed by atoms with van der Waals surface area (Å²) in [6, 6.07) is 8.71. The van der Waals surface area contributed by atoms with Gasteiger partial charge in [-0.1, -0.05) is 18.2 Å². The molecule has 3 N–H and O–H groups in total. The van der Waals surface area contributed by atoms with Crippen LogP contribution < -0.4 is 25.4 Å². The van der Waals surface area contributed by atoms with Gasteiger partial charge in [-0.3, -0.25) is 5.32 Å². The minimum Gasteiger partial charge on any atom is -0.494 e. The largest absolute Gasteiger partial charge is 0.494 e. The molecule has 2 fully saturated rings. The topological polar surface area (TPSA) is 80.9 Å². The molecule has 2 aromatic carbocycles. The SMILES string of the molecule is COc1cc(NC(=O)NC2CCC(C)NC2Oc2ccccc2[C@@]2(C(F)(F)F)CCO2)ccc1F. The Balaban J connectivity index is 1.51. The number of para-hydroxylation sites is 1. The van der Waals surface area contributed by atoms with Crippen molar-refractivity contribution in [3.8, 4) is 11.5 Å². The zero-order valence-corrected chi connectivity index (χ0v) is 19.2. The van der Waals surface area contributed by atoms with E-state index in [2.05, 4.69) is 16.0 Å². The van der Waals surface area contributed by atoms with Crippen molar-refractivity contribution in [3.05, 3.63) is 53.8 Å². The molecule has 4 rings (SSSR count). The van der Waals surface area contributed by atoms with Crippen LogP contribution in [0.1, 0.15) is 31.7 Å². The number of benzene rings is 2. The highest BCUT2D eigenvalue weighted by Crippen LogP contribution is 2.52. The van der Waals surface area contributed by atoms with Gasteiger partial charge in [0.05, 0.1) is 19.8 Å². The number of ether oxygens (including phenoxy) is 3. The highest BCUT2D eigenvalue weighted by Gasteiger charge is 2.62. The monoisotopic (exact) mass is 497 g/mol. The summed E-state index contributed by atoms with van der Waals surface area (Å²) in [6.07, 6.45) is -4.35. The van der Waals surface area contributed by atoms with E-state index >= 15 is 0 Å². The Morgan fingerprint density at radius 3 is 2.57 bits per heavy atom. The molecule has 2 amide bonds. The minimum atomic E-state index is -4.61. The maximum Gasteiger partial charge on any atom is 0.421 e. The van der Waals surface area contributed by atoms with Crippen LogP contribution in [0.15, 0.2) is 42.5 Å². The molecular weight excluding hydrogens is 470 g/mol. The molecule has 0 aliphatic carbocycles. The molecule has 35 heavy (non-hydrogen) atoms. The van der Waals surface area contributed by atoms with Crippen molar-refractivity contribution in [3.63, 3.8) is 0 Å². The fourth-order valence-electron chi connectivity index (χ4n) is 4.33. The first-order valence-electron chi connectivity index (χ1n) is 11.3. The zero-order chi connectivity index (χ0) is 25.2. The molecule has 2 aromatic rings. The Morgan fingerprint density at radius 1 is 1.17 bits per heavy atom. The number of hydrogen-bond acceptors (Lipinski definition) is 5. The van der Waals surface area contributed by atoms with Crippen LogP contribution in [0.5, 0.6) is 11.5 Å². The fraction of sp³-hybridized carbons (Fsp3) is 0.458. The Kier molecular flexibility index (Phi) is 7.09. The summed E-state index contributed by atoms with van der Waals surface area (Å²) in [5, 5.41) is 8.62. The number of anilines is 1. The van der Waals surface area contributed by atoms with Gasteiger partial charge in [0.2, 0.25) is 0 Å². The lowest BCUT2D eigenvalue weighted by Crippen LogP contribution is -2.59. The summed E-state index contributed by atoms with van der Waals surface area (Å²) >= 11 is 0. The van der Waals surface area contributed by atoms with Gasteiger partial charge in [-0.15, -0.1) is 0 Å².